The fraction of sp³-hybridized carbons (Fsp3) is 0.571. The van der Waals surface area contributed by atoms with Crippen LogP contribution in [0.3, 0.4) is 0 Å². The van der Waals surface area contributed by atoms with Crippen LogP contribution in [0.15, 0.2) is 53.4 Å². The van der Waals surface area contributed by atoms with Crippen molar-refractivity contribution in [3.8, 4) is 5.75 Å². The molecule has 2 aliphatic heterocycles. The first kappa shape index (κ1) is 32.2. The van der Waals surface area contributed by atoms with Gasteiger partial charge in [0.1, 0.15) is 5.75 Å². The fourth-order valence-corrected chi connectivity index (χ4v) is 8.14. The van der Waals surface area contributed by atoms with E-state index in [1.807, 2.05) is 6.07 Å². The number of ether oxygens (including phenoxy) is 1. The summed E-state index contributed by atoms with van der Waals surface area (Å²) in [6, 6.07) is 12.8. The van der Waals surface area contributed by atoms with Crippen LogP contribution in [0.25, 0.3) is 0 Å². The zero-order valence-corrected chi connectivity index (χ0v) is 27.6. The Balaban J connectivity index is 0.00000180. The molecule has 0 saturated heterocycles. The van der Waals surface area contributed by atoms with Crippen LogP contribution in [0.4, 0.5) is 5.69 Å². The Morgan fingerprint density at radius 1 is 1.09 bits per heavy atom. The molecule has 0 radical (unpaired) electrons. The zero-order valence-electron chi connectivity index (χ0n) is 26.0. The lowest BCUT2D eigenvalue weighted by Crippen LogP contribution is -2.50. The molecule has 0 aromatic heterocycles. The number of hydrogen-bond acceptors (Lipinski definition) is 6. The van der Waals surface area contributed by atoms with Crippen LogP contribution in [0, 0.1) is 17.3 Å². The number of anilines is 1. The standard InChI is InChI=1S/C34H44ClN3O2S.CH4O/c1-3-7-25-18-28(35)11-13-30(25)27-21-38-20-26-10-9-24(26)8-4-5-17-37(2)23-34(15-6-16-34)33(39)36-41-29-12-14-32(40-22-27)31(38)19-29;1-2/h4-5,11-14,18-19,24,26-27H,3,6-10,15-17,20-23H2,1-2H3,(H,36,39);2H,1H3/b5-4+;. The van der Waals surface area contributed by atoms with E-state index in [4.69, 9.17) is 21.4 Å². The van der Waals surface area contributed by atoms with Crippen molar-refractivity contribution in [1.29, 1.82) is 0 Å². The van der Waals surface area contributed by atoms with Crippen molar-refractivity contribution in [2.45, 2.75) is 69.1 Å². The maximum absolute atomic E-state index is 13.4. The van der Waals surface area contributed by atoms with Gasteiger partial charge in [0.15, 0.2) is 0 Å². The molecule has 2 bridgehead atoms. The average molecular weight is 626 g/mol. The van der Waals surface area contributed by atoms with Crippen molar-refractivity contribution in [1.82, 2.24) is 9.62 Å². The van der Waals surface area contributed by atoms with E-state index in [2.05, 4.69) is 71.0 Å². The minimum absolute atomic E-state index is 0.168. The molecule has 234 valence electrons. The van der Waals surface area contributed by atoms with Gasteiger partial charge in [0, 0.05) is 49.1 Å². The Morgan fingerprint density at radius 2 is 1.91 bits per heavy atom. The number of carbonyl (C=O) groups is 1. The summed E-state index contributed by atoms with van der Waals surface area (Å²) in [5.74, 6) is 2.78. The van der Waals surface area contributed by atoms with Gasteiger partial charge in [-0.25, -0.2) is 0 Å². The maximum Gasteiger partial charge on any atom is 0.237 e. The Bertz CT molecular complexity index is 1280. The molecular formula is C35H48ClN3O3S. The normalized spacial score (nSPS) is 26.2. The van der Waals surface area contributed by atoms with Gasteiger partial charge in [0.25, 0.3) is 0 Å². The van der Waals surface area contributed by atoms with E-state index in [0.717, 1.165) is 99.1 Å². The van der Waals surface area contributed by atoms with Crippen molar-refractivity contribution in [3.05, 3.63) is 64.7 Å². The van der Waals surface area contributed by atoms with Gasteiger partial charge in [0.05, 0.1) is 17.7 Å². The Kier molecular flexibility index (Phi) is 11.0. The molecule has 2 N–H and O–H groups in total. The smallest absolute Gasteiger partial charge is 0.237 e. The highest BCUT2D eigenvalue weighted by atomic mass is 35.5. The number of halogens is 1. The SMILES string of the molecule is CCCc1cc(Cl)ccc1C1COc2ccc3cc2N(C1)CC1CCC1C/C=C/CN(C)CC1(CCC1)C(=O)NS3.CO. The summed E-state index contributed by atoms with van der Waals surface area (Å²) in [6.45, 7) is 6.54. The molecule has 3 unspecified atom stereocenters. The number of allylic oxidation sites excluding steroid dienone is 1. The number of aliphatic hydroxyl groups is 1. The van der Waals surface area contributed by atoms with Gasteiger partial charge < -0.3 is 19.6 Å². The lowest BCUT2D eigenvalue weighted by atomic mass is 9.68. The van der Waals surface area contributed by atoms with Crippen LogP contribution in [0.5, 0.6) is 5.75 Å². The number of hydrogen-bond donors (Lipinski definition) is 2. The fourth-order valence-electron chi connectivity index (χ4n) is 7.21. The van der Waals surface area contributed by atoms with Gasteiger partial charge in [0.2, 0.25) is 5.91 Å². The minimum Gasteiger partial charge on any atom is -0.491 e. The van der Waals surface area contributed by atoms with Crippen molar-refractivity contribution in [3.63, 3.8) is 0 Å². The van der Waals surface area contributed by atoms with Crippen molar-refractivity contribution < 1.29 is 14.6 Å². The van der Waals surface area contributed by atoms with E-state index >= 15 is 0 Å². The van der Waals surface area contributed by atoms with Gasteiger partial charge in [-0.2, -0.15) is 0 Å². The number of amides is 1. The highest BCUT2D eigenvalue weighted by molar-refractivity contribution is 7.98. The van der Waals surface area contributed by atoms with Gasteiger partial charge in [-0.1, -0.05) is 49.6 Å². The molecule has 2 fully saturated rings. The van der Waals surface area contributed by atoms with Crippen LogP contribution < -0.4 is 14.4 Å². The second-order valence-electron chi connectivity index (χ2n) is 12.8. The molecule has 6 rings (SSSR count). The van der Waals surface area contributed by atoms with E-state index < -0.39 is 0 Å². The first-order valence-corrected chi connectivity index (χ1v) is 17.2. The number of likely N-dealkylation sites (N-methyl/N-ethyl adjacent to an activating group) is 1. The molecule has 3 atom stereocenters. The van der Waals surface area contributed by atoms with E-state index in [-0.39, 0.29) is 17.2 Å². The van der Waals surface area contributed by atoms with Crippen LogP contribution in [0.1, 0.15) is 68.9 Å². The predicted octanol–water partition coefficient (Wildman–Crippen LogP) is 7.10. The number of carbonyl (C=O) groups excluding carboxylic acids is 1. The lowest BCUT2D eigenvalue weighted by Gasteiger charge is -2.42. The summed E-state index contributed by atoms with van der Waals surface area (Å²) >= 11 is 7.89. The molecule has 1 spiro atoms. The zero-order chi connectivity index (χ0) is 30.4. The second-order valence-corrected chi connectivity index (χ2v) is 14.1. The molecule has 1 amide bonds. The van der Waals surface area contributed by atoms with Gasteiger partial charge >= 0.3 is 0 Å². The molecule has 2 aromatic carbocycles. The van der Waals surface area contributed by atoms with Crippen LogP contribution in [0.2, 0.25) is 5.02 Å². The summed E-state index contributed by atoms with van der Waals surface area (Å²) in [5.41, 5.74) is 3.58. The largest absolute Gasteiger partial charge is 0.491 e. The molecule has 8 heteroatoms. The maximum atomic E-state index is 13.4. The van der Waals surface area contributed by atoms with E-state index in [1.54, 1.807) is 0 Å². The number of aliphatic hydroxyl groups excluding tert-OH is 1. The average Bonchev–Trinajstić information content (AvgIpc) is 3.15. The third-order valence-electron chi connectivity index (χ3n) is 9.89. The van der Waals surface area contributed by atoms with Gasteiger partial charge in [-0.05, 0) is 111 Å². The lowest BCUT2D eigenvalue weighted by molar-refractivity contribution is -0.135. The van der Waals surface area contributed by atoms with Crippen LogP contribution in [-0.4, -0.2) is 62.9 Å². The van der Waals surface area contributed by atoms with Gasteiger partial charge in [-0.3, -0.25) is 9.52 Å². The highest BCUT2D eigenvalue weighted by Crippen LogP contribution is 2.45. The summed E-state index contributed by atoms with van der Waals surface area (Å²) in [6.07, 6.45) is 13.6. The summed E-state index contributed by atoms with van der Waals surface area (Å²) in [7, 11) is 3.15. The van der Waals surface area contributed by atoms with Gasteiger partial charge in [-0.15, -0.1) is 0 Å². The Morgan fingerprint density at radius 3 is 2.63 bits per heavy atom. The highest BCUT2D eigenvalue weighted by Gasteiger charge is 2.45. The third kappa shape index (κ3) is 7.38. The Hall–Kier alpha value is -2.19. The van der Waals surface area contributed by atoms with Crippen molar-refractivity contribution in [2.24, 2.45) is 17.3 Å². The molecule has 43 heavy (non-hydrogen) atoms. The quantitative estimate of drug-likeness (QED) is 0.280. The topological polar surface area (TPSA) is 65.0 Å². The molecular weight excluding hydrogens is 578 g/mol. The third-order valence-corrected chi connectivity index (χ3v) is 10.9. The Labute approximate surface area is 267 Å². The molecule has 2 aromatic rings. The van der Waals surface area contributed by atoms with E-state index in [0.29, 0.717) is 12.5 Å². The van der Waals surface area contributed by atoms with Crippen LogP contribution in [-0.2, 0) is 11.2 Å². The first-order valence-electron chi connectivity index (χ1n) is 16.0. The minimum atomic E-state index is -0.272. The monoisotopic (exact) mass is 625 g/mol. The van der Waals surface area contributed by atoms with E-state index in [9.17, 15) is 4.79 Å². The molecule has 6 nitrogen and oxygen atoms in total. The molecule has 4 aliphatic rings. The second kappa shape index (κ2) is 14.7. The predicted molar refractivity (Wildman–Crippen MR) is 178 cm³/mol. The number of fused-ring (bicyclic) bond motifs is 2. The number of nitrogens with zero attached hydrogens (tertiary/aromatic N) is 2. The number of nitrogens with one attached hydrogen (secondary N) is 1. The summed E-state index contributed by atoms with van der Waals surface area (Å²) in [4.78, 5) is 19.4. The molecule has 2 aliphatic carbocycles. The number of aryl methyl sites for hydroxylation is 1. The van der Waals surface area contributed by atoms with Crippen LogP contribution >= 0.6 is 23.5 Å². The molecule has 2 heterocycles. The first-order chi connectivity index (χ1) is 20.9. The van der Waals surface area contributed by atoms with E-state index in [1.165, 1.54) is 35.9 Å². The van der Waals surface area contributed by atoms with Crippen molar-refractivity contribution in [2.75, 3.05) is 51.8 Å². The molecule has 2 saturated carbocycles. The number of rotatable bonds is 3. The summed E-state index contributed by atoms with van der Waals surface area (Å²) < 4.78 is 9.78. The summed E-state index contributed by atoms with van der Waals surface area (Å²) in [5, 5.41) is 7.81. The number of benzene rings is 2. The van der Waals surface area contributed by atoms with Crippen molar-refractivity contribution >= 4 is 35.1 Å².